The minimum atomic E-state index is -0.554. The number of hydrogen-bond acceptors (Lipinski definition) is 3. The van der Waals surface area contributed by atoms with E-state index >= 15 is 0 Å². The Hall–Kier alpha value is -2.64. The molecule has 0 radical (unpaired) electrons. The summed E-state index contributed by atoms with van der Waals surface area (Å²) in [6.07, 6.45) is 2.42. The Morgan fingerprint density at radius 3 is 2.56 bits per heavy atom. The number of carbonyl (C=O) groups excluding carboxylic acids is 1. The zero-order chi connectivity index (χ0) is 17.6. The van der Waals surface area contributed by atoms with Gasteiger partial charge in [0.15, 0.2) is 0 Å². The van der Waals surface area contributed by atoms with Crippen molar-refractivity contribution in [3.63, 3.8) is 0 Å². The van der Waals surface area contributed by atoms with Gasteiger partial charge < -0.3 is 10.6 Å². The fourth-order valence-corrected chi connectivity index (χ4v) is 3.50. The van der Waals surface area contributed by atoms with Crippen molar-refractivity contribution in [3.05, 3.63) is 71.3 Å². The highest BCUT2D eigenvalue weighted by atomic mass is 16.2. The summed E-state index contributed by atoms with van der Waals surface area (Å²) in [4.78, 5) is 14.5. The third kappa shape index (κ3) is 4.26. The van der Waals surface area contributed by atoms with Crippen LogP contribution < -0.4 is 5.73 Å². The Kier molecular flexibility index (Phi) is 5.47. The number of carbonyl (C=O) groups is 1. The summed E-state index contributed by atoms with van der Waals surface area (Å²) in [6, 6.07) is 19.4. The monoisotopic (exact) mass is 333 g/mol. The van der Waals surface area contributed by atoms with Gasteiger partial charge in [0.2, 0.25) is 5.91 Å². The lowest BCUT2D eigenvalue weighted by Crippen LogP contribution is -2.47. The van der Waals surface area contributed by atoms with Crippen molar-refractivity contribution in [1.82, 2.24) is 4.90 Å². The van der Waals surface area contributed by atoms with Gasteiger partial charge in [0, 0.05) is 13.1 Å². The van der Waals surface area contributed by atoms with Crippen LogP contribution in [-0.4, -0.2) is 29.9 Å². The molecule has 0 aromatic heterocycles. The number of rotatable bonds is 4. The molecule has 1 amide bonds. The quantitative estimate of drug-likeness (QED) is 0.935. The van der Waals surface area contributed by atoms with Gasteiger partial charge in [-0.1, -0.05) is 42.5 Å². The van der Waals surface area contributed by atoms with Crippen LogP contribution in [0, 0.1) is 11.3 Å². The largest absolute Gasteiger partial charge is 0.341 e. The van der Waals surface area contributed by atoms with Crippen molar-refractivity contribution in [1.29, 1.82) is 5.26 Å². The highest BCUT2D eigenvalue weighted by Crippen LogP contribution is 2.28. The van der Waals surface area contributed by atoms with E-state index in [0.29, 0.717) is 17.9 Å². The molecule has 0 aliphatic carbocycles. The van der Waals surface area contributed by atoms with Gasteiger partial charge in [-0.25, -0.2) is 0 Å². The Balaban J connectivity index is 1.56. The van der Waals surface area contributed by atoms with Gasteiger partial charge in [-0.05, 0) is 48.4 Å². The fraction of sp³-hybridized carbons (Fsp3) is 0.333. The first-order valence-corrected chi connectivity index (χ1v) is 8.75. The minimum Gasteiger partial charge on any atom is -0.341 e. The molecular formula is C21H23N3O. The fourth-order valence-electron chi connectivity index (χ4n) is 3.50. The first kappa shape index (κ1) is 17.2. The van der Waals surface area contributed by atoms with Crippen molar-refractivity contribution in [2.45, 2.75) is 31.2 Å². The molecule has 4 heteroatoms. The number of amides is 1. The third-order valence-electron chi connectivity index (χ3n) is 4.91. The number of piperidine rings is 1. The van der Waals surface area contributed by atoms with E-state index in [1.54, 1.807) is 12.1 Å². The van der Waals surface area contributed by atoms with E-state index in [9.17, 15) is 4.79 Å². The number of hydrogen-bond donors (Lipinski definition) is 1. The molecule has 0 unspecified atom stereocenters. The third-order valence-corrected chi connectivity index (χ3v) is 4.91. The molecule has 1 aliphatic heterocycles. The molecule has 1 saturated heterocycles. The molecule has 2 aromatic carbocycles. The molecule has 2 N–H and O–H groups in total. The summed E-state index contributed by atoms with van der Waals surface area (Å²) in [7, 11) is 0. The lowest BCUT2D eigenvalue weighted by molar-refractivity contribution is -0.133. The summed E-state index contributed by atoms with van der Waals surface area (Å²) in [5.74, 6) is 0.530. The first-order chi connectivity index (χ1) is 12.2. The van der Waals surface area contributed by atoms with E-state index in [2.05, 4.69) is 30.3 Å². The van der Waals surface area contributed by atoms with E-state index in [1.807, 2.05) is 23.1 Å². The molecular weight excluding hydrogens is 310 g/mol. The molecule has 4 nitrogen and oxygen atoms in total. The Bertz CT molecular complexity index is 758. The summed E-state index contributed by atoms with van der Waals surface area (Å²) in [5.41, 5.74) is 9.02. The second-order valence-electron chi connectivity index (χ2n) is 6.63. The van der Waals surface area contributed by atoms with Crippen LogP contribution >= 0.6 is 0 Å². The maximum Gasteiger partial charge on any atom is 0.239 e. The maximum absolute atomic E-state index is 12.6. The molecule has 2 aromatic rings. The second kappa shape index (κ2) is 7.96. The lowest BCUT2D eigenvalue weighted by Gasteiger charge is -2.33. The van der Waals surface area contributed by atoms with Crippen molar-refractivity contribution in [3.8, 4) is 6.07 Å². The number of benzene rings is 2. The van der Waals surface area contributed by atoms with Crippen molar-refractivity contribution >= 4 is 5.91 Å². The number of nitriles is 1. The normalized spacial score (nSPS) is 16.2. The topological polar surface area (TPSA) is 70.1 Å². The summed E-state index contributed by atoms with van der Waals surface area (Å²) in [5, 5.41) is 8.97. The Labute approximate surface area is 148 Å². The second-order valence-corrected chi connectivity index (χ2v) is 6.63. The van der Waals surface area contributed by atoms with Gasteiger partial charge in [-0.15, -0.1) is 0 Å². The van der Waals surface area contributed by atoms with Crippen LogP contribution in [0.3, 0.4) is 0 Å². The standard InChI is InChI=1S/C21H23N3O/c22-15-17-6-4-5-16(13-17)14-20(23)21(25)24-11-9-19(10-12-24)18-7-2-1-3-8-18/h1-8,13,19-20H,9-12,14,23H2/t20-/m0/s1. The number of likely N-dealkylation sites (tertiary alicyclic amines) is 1. The molecule has 0 spiro atoms. The molecule has 0 bridgehead atoms. The van der Waals surface area contributed by atoms with Crippen LogP contribution in [-0.2, 0) is 11.2 Å². The SMILES string of the molecule is N#Cc1cccc(C[C@H](N)C(=O)N2CCC(c3ccccc3)CC2)c1. The molecule has 1 heterocycles. The van der Waals surface area contributed by atoms with Crippen molar-refractivity contribution in [2.75, 3.05) is 13.1 Å². The van der Waals surface area contributed by atoms with Crippen molar-refractivity contribution < 1.29 is 4.79 Å². The van der Waals surface area contributed by atoms with E-state index in [1.165, 1.54) is 5.56 Å². The predicted octanol–water partition coefficient (Wildman–Crippen LogP) is 2.83. The van der Waals surface area contributed by atoms with Crippen LogP contribution in [0.2, 0.25) is 0 Å². The van der Waals surface area contributed by atoms with E-state index < -0.39 is 6.04 Å². The van der Waals surface area contributed by atoms with Gasteiger partial charge in [0.05, 0.1) is 17.7 Å². The smallest absolute Gasteiger partial charge is 0.239 e. The molecule has 128 valence electrons. The predicted molar refractivity (Wildman–Crippen MR) is 97.8 cm³/mol. The van der Waals surface area contributed by atoms with Gasteiger partial charge in [-0.2, -0.15) is 5.26 Å². The van der Waals surface area contributed by atoms with Crippen molar-refractivity contribution in [2.24, 2.45) is 5.73 Å². The van der Waals surface area contributed by atoms with Crippen LogP contribution in [0.5, 0.6) is 0 Å². The van der Waals surface area contributed by atoms with Crippen LogP contribution in [0.1, 0.15) is 35.4 Å². The van der Waals surface area contributed by atoms with Gasteiger partial charge in [0.25, 0.3) is 0 Å². The van der Waals surface area contributed by atoms with E-state index in [0.717, 1.165) is 31.5 Å². The molecule has 1 atom stereocenters. The van der Waals surface area contributed by atoms with E-state index in [4.69, 9.17) is 11.0 Å². The summed E-state index contributed by atoms with van der Waals surface area (Å²) in [6.45, 7) is 1.51. The number of nitrogens with zero attached hydrogens (tertiary/aromatic N) is 2. The molecule has 0 saturated carbocycles. The Morgan fingerprint density at radius 2 is 1.88 bits per heavy atom. The van der Waals surface area contributed by atoms with Gasteiger partial charge >= 0.3 is 0 Å². The zero-order valence-electron chi connectivity index (χ0n) is 14.3. The number of nitrogens with two attached hydrogens (primary N) is 1. The van der Waals surface area contributed by atoms with Crippen LogP contribution in [0.4, 0.5) is 0 Å². The highest BCUT2D eigenvalue weighted by molar-refractivity contribution is 5.82. The minimum absolute atomic E-state index is 0.00822. The average molecular weight is 333 g/mol. The molecule has 3 rings (SSSR count). The maximum atomic E-state index is 12.6. The Morgan fingerprint density at radius 1 is 1.16 bits per heavy atom. The molecule has 25 heavy (non-hydrogen) atoms. The molecule has 1 aliphatic rings. The van der Waals surface area contributed by atoms with Gasteiger partial charge in [-0.3, -0.25) is 4.79 Å². The first-order valence-electron chi connectivity index (χ1n) is 8.75. The summed E-state index contributed by atoms with van der Waals surface area (Å²) < 4.78 is 0. The van der Waals surface area contributed by atoms with E-state index in [-0.39, 0.29) is 5.91 Å². The molecule has 1 fully saturated rings. The van der Waals surface area contributed by atoms with Crippen LogP contribution in [0.15, 0.2) is 54.6 Å². The highest BCUT2D eigenvalue weighted by Gasteiger charge is 2.27. The van der Waals surface area contributed by atoms with Crippen LogP contribution in [0.25, 0.3) is 0 Å². The lowest BCUT2D eigenvalue weighted by atomic mass is 9.89. The average Bonchev–Trinajstić information content (AvgIpc) is 2.68. The van der Waals surface area contributed by atoms with Gasteiger partial charge in [0.1, 0.15) is 0 Å². The summed E-state index contributed by atoms with van der Waals surface area (Å²) >= 11 is 0. The zero-order valence-corrected chi connectivity index (χ0v) is 14.3.